The summed E-state index contributed by atoms with van der Waals surface area (Å²) in [5.41, 5.74) is 3.82. The van der Waals surface area contributed by atoms with E-state index in [1.165, 1.54) is 21.6 Å². The van der Waals surface area contributed by atoms with Crippen LogP contribution in [0.4, 0.5) is 0 Å². The smallest absolute Gasteiger partial charge is 0.222 e. The lowest BCUT2D eigenvalue weighted by Gasteiger charge is -2.35. The molecule has 1 amide bonds. The van der Waals surface area contributed by atoms with Gasteiger partial charge in [-0.1, -0.05) is 44.2 Å². The molecular weight excluding hydrogens is 352 g/mol. The molecule has 1 unspecified atom stereocenters. The first-order valence-electron chi connectivity index (χ1n) is 9.94. The summed E-state index contributed by atoms with van der Waals surface area (Å²) < 4.78 is 11.0. The minimum atomic E-state index is -0.0222. The Morgan fingerprint density at radius 1 is 1.14 bits per heavy atom. The van der Waals surface area contributed by atoms with Gasteiger partial charge in [0.1, 0.15) is 12.6 Å². The summed E-state index contributed by atoms with van der Waals surface area (Å²) in [6, 6.07) is 14.9. The van der Waals surface area contributed by atoms with Crippen molar-refractivity contribution >= 4 is 5.91 Å². The Morgan fingerprint density at radius 2 is 1.82 bits per heavy atom. The van der Waals surface area contributed by atoms with Crippen molar-refractivity contribution in [2.45, 2.75) is 32.9 Å². The Labute approximate surface area is 167 Å². The molecule has 0 spiro atoms. The second kappa shape index (κ2) is 9.11. The fourth-order valence-corrected chi connectivity index (χ4v) is 3.90. The molecule has 5 nitrogen and oxygen atoms in total. The van der Waals surface area contributed by atoms with Crippen LogP contribution in [0.2, 0.25) is 0 Å². The average Bonchev–Trinajstić information content (AvgIpc) is 2.72. The van der Waals surface area contributed by atoms with Gasteiger partial charge in [-0.2, -0.15) is 0 Å². The van der Waals surface area contributed by atoms with Crippen molar-refractivity contribution in [1.82, 2.24) is 5.32 Å². The molecule has 150 valence electrons. The Morgan fingerprint density at radius 3 is 2.46 bits per heavy atom. The number of ether oxygens (including phenoxy) is 2. The van der Waals surface area contributed by atoms with E-state index in [1.807, 2.05) is 19.9 Å². The summed E-state index contributed by atoms with van der Waals surface area (Å²) >= 11 is 0. The maximum absolute atomic E-state index is 12.2. The van der Waals surface area contributed by atoms with E-state index < -0.39 is 0 Å². The van der Waals surface area contributed by atoms with Crippen LogP contribution in [0.3, 0.4) is 0 Å². The molecule has 0 aliphatic carbocycles. The molecule has 5 heteroatoms. The van der Waals surface area contributed by atoms with Gasteiger partial charge in [-0.3, -0.25) is 4.79 Å². The number of methoxy groups -OCH3 is 2. The van der Waals surface area contributed by atoms with Crippen LogP contribution in [0.15, 0.2) is 42.5 Å². The highest BCUT2D eigenvalue weighted by atomic mass is 16.5. The first-order valence-corrected chi connectivity index (χ1v) is 9.94. The number of nitrogens with one attached hydrogen (secondary N) is 2. The quantitative estimate of drug-likeness (QED) is 0.770. The van der Waals surface area contributed by atoms with E-state index >= 15 is 0 Å². The molecule has 0 radical (unpaired) electrons. The number of fused-ring (bicyclic) bond motifs is 1. The van der Waals surface area contributed by atoms with Gasteiger partial charge in [-0.25, -0.2) is 0 Å². The second-order valence-electron chi connectivity index (χ2n) is 7.68. The van der Waals surface area contributed by atoms with Crippen LogP contribution in [0, 0.1) is 5.92 Å². The Hall–Kier alpha value is -2.53. The van der Waals surface area contributed by atoms with Gasteiger partial charge in [-0.05, 0) is 17.7 Å². The predicted octanol–water partition coefficient (Wildman–Crippen LogP) is 2.16. The summed E-state index contributed by atoms with van der Waals surface area (Å²) in [5.74, 6) is 1.57. The summed E-state index contributed by atoms with van der Waals surface area (Å²) in [5, 5.41) is 3.14. The van der Waals surface area contributed by atoms with Crippen LogP contribution >= 0.6 is 0 Å². The molecule has 2 atom stereocenters. The monoisotopic (exact) mass is 383 g/mol. The number of carbonyl (C=O) groups excluding carboxylic acids is 1. The molecule has 1 heterocycles. The van der Waals surface area contributed by atoms with Crippen molar-refractivity contribution in [2.75, 3.05) is 27.3 Å². The zero-order valence-corrected chi connectivity index (χ0v) is 17.2. The predicted molar refractivity (Wildman–Crippen MR) is 110 cm³/mol. The van der Waals surface area contributed by atoms with Gasteiger partial charge < -0.3 is 19.7 Å². The Bertz CT molecular complexity index is 805. The first kappa shape index (κ1) is 20.2. The number of hydrogen-bond donors (Lipinski definition) is 2. The normalized spacial score (nSPS) is 18.5. The number of amides is 1. The summed E-state index contributed by atoms with van der Waals surface area (Å²) in [6.07, 6.45) is 0.979. The van der Waals surface area contributed by atoms with E-state index in [9.17, 15) is 4.79 Å². The maximum Gasteiger partial charge on any atom is 0.222 e. The van der Waals surface area contributed by atoms with Crippen molar-refractivity contribution in [1.29, 1.82) is 0 Å². The number of hydrogen-bond acceptors (Lipinski definition) is 3. The number of carbonyl (C=O) groups is 1. The van der Waals surface area contributed by atoms with Crippen LogP contribution in [0.1, 0.15) is 36.6 Å². The lowest BCUT2D eigenvalue weighted by atomic mass is 9.91. The summed E-state index contributed by atoms with van der Waals surface area (Å²) in [7, 11) is 3.33. The van der Waals surface area contributed by atoms with Crippen molar-refractivity contribution in [3.05, 3.63) is 59.2 Å². The van der Waals surface area contributed by atoms with E-state index in [2.05, 4.69) is 41.7 Å². The van der Waals surface area contributed by atoms with Gasteiger partial charge in [0.2, 0.25) is 5.91 Å². The van der Waals surface area contributed by atoms with E-state index in [4.69, 9.17) is 9.47 Å². The minimum Gasteiger partial charge on any atom is -0.493 e. The van der Waals surface area contributed by atoms with Crippen LogP contribution in [-0.4, -0.2) is 33.2 Å². The zero-order valence-electron chi connectivity index (χ0n) is 17.2. The van der Waals surface area contributed by atoms with E-state index in [0.29, 0.717) is 6.54 Å². The highest BCUT2D eigenvalue weighted by Gasteiger charge is 2.33. The van der Waals surface area contributed by atoms with Crippen LogP contribution in [-0.2, 0) is 17.8 Å². The van der Waals surface area contributed by atoms with Crippen molar-refractivity contribution in [3.8, 4) is 11.5 Å². The molecule has 0 saturated carbocycles. The Kier molecular flexibility index (Phi) is 6.57. The minimum absolute atomic E-state index is 0.0222. The molecule has 0 fully saturated rings. The van der Waals surface area contributed by atoms with Gasteiger partial charge in [0.05, 0.1) is 27.3 Å². The first-order chi connectivity index (χ1) is 13.5. The highest BCUT2D eigenvalue weighted by Crippen LogP contribution is 2.34. The van der Waals surface area contributed by atoms with E-state index in [0.717, 1.165) is 31.0 Å². The highest BCUT2D eigenvalue weighted by molar-refractivity contribution is 5.77. The number of rotatable bonds is 7. The van der Waals surface area contributed by atoms with Gasteiger partial charge in [0.25, 0.3) is 0 Å². The molecule has 2 aromatic rings. The fourth-order valence-electron chi connectivity index (χ4n) is 3.90. The van der Waals surface area contributed by atoms with Crippen LogP contribution < -0.4 is 19.7 Å². The van der Waals surface area contributed by atoms with Gasteiger partial charge in [-0.15, -0.1) is 0 Å². The lowest BCUT2D eigenvalue weighted by Crippen LogP contribution is -3.12. The maximum atomic E-state index is 12.2. The lowest BCUT2D eigenvalue weighted by molar-refractivity contribution is -0.945. The summed E-state index contributed by atoms with van der Waals surface area (Å²) in [4.78, 5) is 13.7. The molecule has 28 heavy (non-hydrogen) atoms. The molecular formula is C23H31N2O3+. The van der Waals surface area contributed by atoms with Crippen molar-refractivity contribution in [2.24, 2.45) is 5.92 Å². The second-order valence-corrected chi connectivity index (χ2v) is 7.68. The molecule has 1 aliphatic rings. The molecule has 0 aromatic heterocycles. The SMILES string of the molecule is COc1cc2c(cc1OC)[C@@H](CNC(=O)C(C)C)[NH+](Cc1ccccc1)CC2. The largest absolute Gasteiger partial charge is 0.493 e. The molecule has 1 aliphatic heterocycles. The topological polar surface area (TPSA) is 52.0 Å². The molecule has 0 bridgehead atoms. The third kappa shape index (κ3) is 4.47. The van der Waals surface area contributed by atoms with Crippen molar-refractivity contribution < 1.29 is 19.2 Å². The average molecular weight is 384 g/mol. The number of quaternary nitrogens is 1. The zero-order chi connectivity index (χ0) is 20.1. The third-order valence-corrected chi connectivity index (χ3v) is 5.51. The number of benzene rings is 2. The van der Waals surface area contributed by atoms with Gasteiger partial charge in [0.15, 0.2) is 11.5 Å². The van der Waals surface area contributed by atoms with E-state index in [-0.39, 0.29) is 17.9 Å². The van der Waals surface area contributed by atoms with Crippen LogP contribution in [0.25, 0.3) is 0 Å². The van der Waals surface area contributed by atoms with Gasteiger partial charge in [0, 0.05) is 23.5 Å². The molecule has 2 aromatic carbocycles. The molecule has 2 N–H and O–H groups in total. The van der Waals surface area contributed by atoms with E-state index in [1.54, 1.807) is 14.2 Å². The van der Waals surface area contributed by atoms with Crippen molar-refractivity contribution in [3.63, 3.8) is 0 Å². The Balaban J connectivity index is 1.92. The van der Waals surface area contributed by atoms with Crippen LogP contribution in [0.5, 0.6) is 11.5 Å². The molecule has 3 rings (SSSR count). The third-order valence-electron chi connectivity index (χ3n) is 5.51. The molecule has 0 saturated heterocycles. The fraction of sp³-hybridized carbons (Fsp3) is 0.435. The summed E-state index contributed by atoms with van der Waals surface area (Å²) in [6.45, 7) is 6.40. The van der Waals surface area contributed by atoms with Gasteiger partial charge >= 0.3 is 0 Å². The standard InChI is InChI=1S/C23H30N2O3/c1-16(2)23(26)24-14-20-19-13-22(28-4)21(27-3)12-18(19)10-11-25(20)15-17-8-6-5-7-9-17/h5-9,12-13,16,20H,10-11,14-15H2,1-4H3,(H,24,26)/p+1/t20-/m1/s1.